The minimum absolute atomic E-state index is 0.194. The fraction of sp³-hybridized carbons (Fsp3) is 0.947. The third-order valence-corrected chi connectivity index (χ3v) is 7.17. The molecule has 1 saturated heterocycles. The van der Waals surface area contributed by atoms with E-state index in [0.717, 1.165) is 43.9 Å². The smallest absolute Gasteiger partial charge is 0.184 e. The quantitative estimate of drug-likeness (QED) is 0.794. The van der Waals surface area contributed by atoms with Crippen LogP contribution in [0, 0.1) is 29.6 Å². The molecule has 1 aliphatic heterocycles. The maximum atomic E-state index is 12.6. The molecule has 1 heterocycles. The number of rotatable bonds is 4. The molecule has 6 atom stereocenters. The third-order valence-electron chi connectivity index (χ3n) is 7.17. The zero-order valence-electron chi connectivity index (χ0n) is 14.5. The molecule has 1 spiro atoms. The molecule has 3 aliphatic carbocycles. The topological polar surface area (TPSA) is 44.8 Å². The van der Waals surface area contributed by atoms with E-state index in [-0.39, 0.29) is 24.6 Å². The molecule has 4 fully saturated rings. The van der Waals surface area contributed by atoms with Gasteiger partial charge < -0.3 is 14.2 Å². The first-order valence-electron chi connectivity index (χ1n) is 9.54. The van der Waals surface area contributed by atoms with Gasteiger partial charge in [-0.2, -0.15) is 0 Å². The van der Waals surface area contributed by atoms with Gasteiger partial charge >= 0.3 is 0 Å². The highest BCUT2D eigenvalue weighted by atomic mass is 16.8. The molecule has 0 amide bonds. The summed E-state index contributed by atoms with van der Waals surface area (Å²) < 4.78 is 17.7. The summed E-state index contributed by atoms with van der Waals surface area (Å²) in [6, 6.07) is 0. The molecule has 0 N–H and O–H groups in total. The number of hydrogen-bond acceptors (Lipinski definition) is 4. The first kappa shape index (κ1) is 16.0. The zero-order valence-corrected chi connectivity index (χ0v) is 14.5. The van der Waals surface area contributed by atoms with Gasteiger partial charge in [-0.05, 0) is 49.4 Å². The molecule has 0 radical (unpaired) electrons. The second kappa shape index (κ2) is 6.12. The lowest BCUT2D eigenvalue weighted by atomic mass is 9.74. The lowest BCUT2D eigenvalue weighted by molar-refractivity contribution is -0.224. The van der Waals surface area contributed by atoms with Crippen LogP contribution in [0.2, 0.25) is 0 Å². The molecule has 4 aliphatic rings. The first-order chi connectivity index (χ1) is 11.1. The minimum atomic E-state index is -0.414. The molecule has 0 aromatic carbocycles. The third kappa shape index (κ3) is 2.87. The van der Waals surface area contributed by atoms with E-state index in [9.17, 15) is 4.79 Å². The van der Waals surface area contributed by atoms with E-state index in [0.29, 0.717) is 18.4 Å². The zero-order chi connectivity index (χ0) is 16.0. The standard InChI is InChI=1S/C19H30O4/c1-12-13(2)15-8-14(12)9-16(15)17(20)10-21-18-11-22-19(23-18)6-4-3-5-7-19/h12-16,18H,3-11H2,1-2H3. The predicted octanol–water partition coefficient (Wildman–Crippen LogP) is 3.53. The number of ether oxygens (including phenoxy) is 3. The SMILES string of the molecule is CC1C2CC(C(=O)COC3COC4(CCCCC4)O3)C(C2)C1C. The average Bonchev–Trinajstić information content (AvgIpc) is 3.23. The van der Waals surface area contributed by atoms with Crippen LogP contribution in [0.15, 0.2) is 0 Å². The largest absolute Gasteiger partial charge is 0.345 e. The molecular weight excluding hydrogens is 292 g/mol. The number of ketones is 1. The van der Waals surface area contributed by atoms with Gasteiger partial charge in [0.1, 0.15) is 13.2 Å². The van der Waals surface area contributed by atoms with Crippen molar-refractivity contribution < 1.29 is 19.0 Å². The van der Waals surface area contributed by atoms with Gasteiger partial charge in [0, 0.05) is 18.8 Å². The summed E-state index contributed by atoms with van der Waals surface area (Å²) in [7, 11) is 0. The van der Waals surface area contributed by atoms with Crippen molar-refractivity contribution in [2.75, 3.05) is 13.2 Å². The Morgan fingerprint density at radius 2 is 1.91 bits per heavy atom. The van der Waals surface area contributed by atoms with E-state index >= 15 is 0 Å². The summed E-state index contributed by atoms with van der Waals surface area (Å²) in [6.07, 6.45) is 7.46. The molecule has 23 heavy (non-hydrogen) atoms. The molecular formula is C19H30O4. The molecule has 0 aromatic rings. The Morgan fingerprint density at radius 3 is 2.61 bits per heavy atom. The van der Waals surface area contributed by atoms with Crippen molar-refractivity contribution in [1.82, 2.24) is 0 Å². The van der Waals surface area contributed by atoms with E-state index in [2.05, 4.69) is 13.8 Å². The van der Waals surface area contributed by atoms with Crippen LogP contribution in [0.25, 0.3) is 0 Å². The average molecular weight is 322 g/mol. The van der Waals surface area contributed by atoms with E-state index in [4.69, 9.17) is 14.2 Å². The fourth-order valence-corrected chi connectivity index (χ4v) is 5.56. The summed E-state index contributed by atoms with van der Waals surface area (Å²) in [6.45, 7) is 5.33. The van der Waals surface area contributed by atoms with E-state index in [1.165, 1.54) is 12.8 Å². The van der Waals surface area contributed by atoms with Crippen LogP contribution in [-0.2, 0) is 19.0 Å². The van der Waals surface area contributed by atoms with Gasteiger partial charge in [-0.25, -0.2) is 0 Å². The first-order valence-corrected chi connectivity index (χ1v) is 9.54. The Morgan fingerprint density at radius 1 is 1.13 bits per heavy atom. The number of Topliss-reactive ketones (excluding diaryl/α,β-unsaturated/α-hetero) is 1. The Kier molecular flexibility index (Phi) is 4.27. The summed E-state index contributed by atoms with van der Waals surface area (Å²) in [4.78, 5) is 12.6. The normalized spacial score (nSPS) is 45.0. The molecule has 4 heteroatoms. The Balaban J connectivity index is 1.26. The molecule has 0 aromatic heterocycles. The Labute approximate surface area is 139 Å². The highest BCUT2D eigenvalue weighted by Crippen LogP contribution is 2.55. The second-order valence-corrected chi connectivity index (χ2v) is 8.33. The van der Waals surface area contributed by atoms with Crippen molar-refractivity contribution in [2.45, 2.75) is 70.9 Å². The van der Waals surface area contributed by atoms with E-state index in [1.54, 1.807) is 0 Å². The van der Waals surface area contributed by atoms with E-state index < -0.39 is 5.79 Å². The van der Waals surface area contributed by atoms with Gasteiger partial charge in [-0.1, -0.05) is 20.3 Å². The van der Waals surface area contributed by atoms with Crippen LogP contribution < -0.4 is 0 Å². The van der Waals surface area contributed by atoms with Crippen LogP contribution >= 0.6 is 0 Å². The summed E-state index contributed by atoms with van der Waals surface area (Å²) in [5.41, 5.74) is 0. The lowest BCUT2D eigenvalue weighted by Crippen LogP contribution is -2.35. The van der Waals surface area contributed by atoms with Crippen LogP contribution in [-0.4, -0.2) is 31.1 Å². The van der Waals surface area contributed by atoms with Crippen molar-refractivity contribution in [3.05, 3.63) is 0 Å². The van der Waals surface area contributed by atoms with Crippen LogP contribution in [0.1, 0.15) is 58.8 Å². The predicted molar refractivity (Wildman–Crippen MR) is 85.6 cm³/mol. The van der Waals surface area contributed by atoms with Crippen LogP contribution in [0.4, 0.5) is 0 Å². The van der Waals surface area contributed by atoms with Gasteiger partial charge in [-0.3, -0.25) is 4.79 Å². The highest BCUT2D eigenvalue weighted by Gasteiger charge is 2.51. The van der Waals surface area contributed by atoms with E-state index in [1.807, 2.05) is 0 Å². The van der Waals surface area contributed by atoms with Crippen molar-refractivity contribution in [3.63, 3.8) is 0 Å². The summed E-state index contributed by atoms with van der Waals surface area (Å²) in [5, 5.41) is 0. The molecule has 4 nitrogen and oxygen atoms in total. The Hall–Kier alpha value is -0.450. The number of fused-ring (bicyclic) bond motifs is 2. The van der Waals surface area contributed by atoms with Crippen molar-refractivity contribution >= 4 is 5.78 Å². The van der Waals surface area contributed by atoms with Gasteiger partial charge in [0.2, 0.25) is 0 Å². The molecule has 2 bridgehead atoms. The maximum Gasteiger partial charge on any atom is 0.184 e. The summed E-state index contributed by atoms with van der Waals surface area (Å²) >= 11 is 0. The van der Waals surface area contributed by atoms with Crippen LogP contribution in [0.3, 0.4) is 0 Å². The van der Waals surface area contributed by atoms with Gasteiger partial charge in [0.15, 0.2) is 17.9 Å². The minimum Gasteiger partial charge on any atom is -0.345 e. The molecule has 3 saturated carbocycles. The molecule has 6 unspecified atom stereocenters. The lowest BCUT2D eigenvalue weighted by Gasteiger charge is -2.32. The number of carbonyl (C=O) groups excluding carboxylic acids is 1. The van der Waals surface area contributed by atoms with Gasteiger partial charge in [-0.15, -0.1) is 0 Å². The second-order valence-electron chi connectivity index (χ2n) is 8.33. The van der Waals surface area contributed by atoms with Crippen molar-refractivity contribution in [3.8, 4) is 0 Å². The van der Waals surface area contributed by atoms with Crippen LogP contribution in [0.5, 0.6) is 0 Å². The maximum absolute atomic E-state index is 12.6. The van der Waals surface area contributed by atoms with Crippen molar-refractivity contribution in [2.24, 2.45) is 29.6 Å². The molecule has 130 valence electrons. The number of hydrogen-bond donors (Lipinski definition) is 0. The number of carbonyl (C=O) groups is 1. The van der Waals surface area contributed by atoms with Gasteiger partial charge in [0.05, 0.1) is 0 Å². The molecule has 4 rings (SSSR count). The van der Waals surface area contributed by atoms with Crippen molar-refractivity contribution in [1.29, 1.82) is 0 Å². The Bertz CT molecular complexity index is 454. The fourth-order valence-electron chi connectivity index (χ4n) is 5.56. The monoisotopic (exact) mass is 322 g/mol. The van der Waals surface area contributed by atoms with Gasteiger partial charge in [0.25, 0.3) is 0 Å². The highest BCUT2D eigenvalue weighted by molar-refractivity contribution is 5.83. The summed E-state index contributed by atoms with van der Waals surface area (Å²) in [5.74, 6) is 2.88.